The lowest BCUT2D eigenvalue weighted by molar-refractivity contribution is -0.148. The molecule has 0 saturated carbocycles. The van der Waals surface area contributed by atoms with E-state index in [0.717, 1.165) is 0 Å². The smallest absolute Gasteiger partial charge is 0.434 e. The summed E-state index contributed by atoms with van der Waals surface area (Å²) in [5, 5.41) is 0. The van der Waals surface area contributed by atoms with Crippen LogP contribution < -0.4 is 0 Å². The average Bonchev–Trinajstić information content (AvgIpc) is 1.99. The molecule has 0 aromatic rings. The van der Waals surface area contributed by atoms with Crippen LogP contribution >= 0.6 is 0 Å². The first-order valence-corrected chi connectivity index (χ1v) is 4.27. The Bertz CT molecular complexity index is 190. The summed E-state index contributed by atoms with van der Waals surface area (Å²) in [5.74, 6) is -0.575. The van der Waals surface area contributed by atoms with Gasteiger partial charge in [0, 0.05) is 0 Å². The Labute approximate surface area is 78.2 Å². The first-order valence-electron chi connectivity index (χ1n) is 4.27. The van der Waals surface area contributed by atoms with Crippen molar-refractivity contribution in [3.05, 3.63) is 0 Å². The summed E-state index contributed by atoms with van der Waals surface area (Å²) in [7, 11) is 0. The Morgan fingerprint density at radius 2 is 1.77 bits per heavy atom. The number of rotatable bonds is 2. The summed E-state index contributed by atoms with van der Waals surface area (Å²) in [5.41, 5.74) is -0.675. The standard InChI is InChI=1S/C9H16O4/c1-5-6-12-8(11)13-7(10)9(2,3)4/h5-6H2,1-4H3. The van der Waals surface area contributed by atoms with Gasteiger partial charge in [0.15, 0.2) is 0 Å². The number of carbonyl (C=O) groups excluding carboxylic acids is 2. The Hall–Kier alpha value is -1.06. The Morgan fingerprint density at radius 3 is 2.15 bits per heavy atom. The van der Waals surface area contributed by atoms with Gasteiger partial charge in [0.05, 0.1) is 12.0 Å². The lowest BCUT2D eigenvalue weighted by Gasteiger charge is -2.14. The largest absolute Gasteiger partial charge is 0.516 e. The molecule has 4 nitrogen and oxygen atoms in total. The maximum atomic E-state index is 11.1. The van der Waals surface area contributed by atoms with Gasteiger partial charge in [0.1, 0.15) is 0 Å². The fourth-order valence-corrected chi connectivity index (χ4v) is 0.444. The van der Waals surface area contributed by atoms with Gasteiger partial charge in [-0.25, -0.2) is 4.79 Å². The van der Waals surface area contributed by atoms with E-state index in [-0.39, 0.29) is 6.61 Å². The Morgan fingerprint density at radius 1 is 1.23 bits per heavy atom. The molecule has 0 aliphatic rings. The van der Waals surface area contributed by atoms with Gasteiger partial charge < -0.3 is 9.47 Å². The van der Waals surface area contributed by atoms with Crippen molar-refractivity contribution in [1.82, 2.24) is 0 Å². The second-order valence-corrected chi connectivity index (χ2v) is 3.74. The van der Waals surface area contributed by atoms with Crippen molar-refractivity contribution in [1.29, 1.82) is 0 Å². The third-order valence-electron chi connectivity index (χ3n) is 1.21. The van der Waals surface area contributed by atoms with Crippen molar-refractivity contribution in [2.45, 2.75) is 34.1 Å². The van der Waals surface area contributed by atoms with Crippen LogP contribution in [0, 0.1) is 5.41 Å². The molecule has 76 valence electrons. The predicted molar refractivity (Wildman–Crippen MR) is 47.2 cm³/mol. The third-order valence-corrected chi connectivity index (χ3v) is 1.21. The number of ether oxygens (including phenoxy) is 2. The minimum Gasteiger partial charge on any atom is -0.434 e. The van der Waals surface area contributed by atoms with Crippen LogP contribution in [0.15, 0.2) is 0 Å². The van der Waals surface area contributed by atoms with E-state index in [0.29, 0.717) is 6.42 Å². The normalized spacial score (nSPS) is 10.8. The van der Waals surface area contributed by atoms with Crippen LogP contribution in [0.4, 0.5) is 4.79 Å². The van der Waals surface area contributed by atoms with E-state index in [9.17, 15) is 9.59 Å². The second-order valence-electron chi connectivity index (χ2n) is 3.74. The Balaban J connectivity index is 3.86. The van der Waals surface area contributed by atoms with Gasteiger partial charge in [-0.2, -0.15) is 0 Å². The minimum atomic E-state index is -0.915. The highest BCUT2D eigenvalue weighted by Crippen LogP contribution is 2.15. The summed E-state index contributed by atoms with van der Waals surface area (Å²) in [6.45, 7) is 7.14. The van der Waals surface area contributed by atoms with Crippen LogP contribution in [0.2, 0.25) is 0 Å². The summed E-state index contributed by atoms with van der Waals surface area (Å²) in [4.78, 5) is 21.9. The van der Waals surface area contributed by atoms with Crippen molar-refractivity contribution in [2.24, 2.45) is 5.41 Å². The molecule has 0 amide bonds. The van der Waals surface area contributed by atoms with Crippen LogP contribution in [0.5, 0.6) is 0 Å². The van der Waals surface area contributed by atoms with Gasteiger partial charge in [-0.3, -0.25) is 4.79 Å². The summed E-state index contributed by atoms with van der Waals surface area (Å²) < 4.78 is 8.99. The molecule has 0 aliphatic heterocycles. The quantitative estimate of drug-likeness (QED) is 0.492. The number of esters is 1. The summed E-state index contributed by atoms with van der Waals surface area (Å²) in [6.07, 6.45) is -0.208. The topological polar surface area (TPSA) is 52.6 Å². The lowest BCUT2D eigenvalue weighted by Crippen LogP contribution is -2.26. The fourth-order valence-electron chi connectivity index (χ4n) is 0.444. The first kappa shape index (κ1) is 11.9. The molecule has 0 N–H and O–H groups in total. The fraction of sp³-hybridized carbons (Fsp3) is 0.778. The SMILES string of the molecule is CCCOC(=O)OC(=O)C(C)(C)C. The van der Waals surface area contributed by atoms with E-state index in [2.05, 4.69) is 9.47 Å². The van der Waals surface area contributed by atoms with Crippen molar-refractivity contribution in [3.8, 4) is 0 Å². The van der Waals surface area contributed by atoms with E-state index >= 15 is 0 Å². The molecule has 0 atom stereocenters. The molecule has 0 heterocycles. The van der Waals surface area contributed by atoms with Crippen LogP contribution in [-0.4, -0.2) is 18.7 Å². The molecule has 0 radical (unpaired) electrons. The van der Waals surface area contributed by atoms with Crippen LogP contribution in [0.3, 0.4) is 0 Å². The van der Waals surface area contributed by atoms with Crippen molar-refractivity contribution < 1.29 is 19.1 Å². The van der Waals surface area contributed by atoms with E-state index in [1.165, 1.54) is 0 Å². The van der Waals surface area contributed by atoms with E-state index < -0.39 is 17.5 Å². The average molecular weight is 188 g/mol. The third kappa shape index (κ3) is 5.22. The molecular formula is C9H16O4. The van der Waals surface area contributed by atoms with E-state index in [4.69, 9.17) is 0 Å². The predicted octanol–water partition coefficient (Wildman–Crippen LogP) is 2.12. The van der Waals surface area contributed by atoms with Gasteiger partial charge >= 0.3 is 12.1 Å². The molecule has 0 aromatic heterocycles. The van der Waals surface area contributed by atoms with E-state index in [1.54, 1.807) is 20.8 Å². The zero-order valence-corrected chi connectivity index (χ0v) is 8.55. The Kier molecular flexibility index (Phi) is 4.45. The number of hydrogen-bond acceptors (Lipinski definition) is 4. The second kappa shape index (κ2) is 4.84. The van der Waals surface area contributed by atoms with Crippen LogP contribution in [0.25, 0.3) is 0 Å². The van der Waals surface area contributed by atoms with Gasteiger partial charge in [0.25, 0.3) is 0 Å². The molecule has 0 fully saturated rings. The number of hydrogen-bond donors (Lipinski definition) is 0. The van der Waals surface area contributed by atoms with Crippen LogP contribution in [-0.2, 0) is 14.3 Å². The van der Waals surface area contributed by atoms with Gasteiger partial charge in [0.2, 0.25) is 0 Å². The molecule has 0 aromatic carbocycles. The molecule has 0 saturated heterocycles. The van der Waals surface area contributed by atoms with Crippen LogP contribution in [0.1, 0.15) is 34.1 Å². The van der Waals surface area contributed by atoms with Gasteiger partial charge in [-0.1, -0.05) is 6.92 Å². The lowest BCUT2D eigenvalue weighted by atomic mass is 9.98. The first-order chi connectivity index (χ1) is 5.88. The highest BCUT2D eigenvalue weighted by atomic mass is 16.7. The molecule has 4 heteroatoms. The zero-order chi connectivity index (χ0) is 10.5. The van der Waals surface area contributed by atoms with Crippen molar-refractivity contribution >= 4 is 12.1 Å². The zero-order valence-electron chi connectivity index (χ0n) is 8.55. The molecule has 0 rings (SSSR count). The maximum absolute atomic E-state index is 11.1. The van der Waals surface area contributed by atoms with Crippen molar-refractivity contribution in [3.63, 3.8) is 0 Å². The molecule has 0 unspecified atom stereocenters. The highest BCUT2D eigenvalue weighted by molar-refractivity contribution is 5.85. The number of carbonyl (C=O) groups is 2. The molecule has 0 aliphatic carbocycles. The summed E-state index contributed by atoms with van der Waals surface area (Å²) in [6, 6.07) is 0. The molecular weight excluding hydrogens is 172 g/mol. The van der Waals surface area contributed by atoms with Crippen molar-refractivity contribution in [2.75, 3.05) is 6.61 Å². The molecule has 13 heavy (non-hydrogen) atoms. The monoisotopic (exact) mass is 188 g/mol. The van der Waals surface area contributed by atoms with Gasteiger partial charge in [-0.15, -0.1) is 0 Å². The molecule has 0 bridgehead atoms. The minimum absolute atomic E-state index is 0.274. The van der Waals surface area contributed by atoms with Gasteiger partial charge in [-0.05, 0) is 27.2 Å². The molecule has 0 spiro atoms. The maximum Gasteiger partial charge on any atom is 0.516 e. The van der Waals surface area contributed by atoms with E-state index in [1.807, 2.05) is 6.92 Å². The summed E-state index contributed by atoms with van der Waals surface area (Å²) >= 11 is 0. The highest BCUT2D eigenvalue weighted by Gasteiger charge is 2.26.